The highest BCUT2D eigenvalue weighted by Gasteiger charge is 2.28. The van der Waals surface area contributed by atoms with Crippen LogP contribution in [0.4, 0.5) is 0 Å². The molecule has 0 spiro atoms. The molecule has 0 aliphatic heterocycles. The zero-order chi connectivity index (χ0) is 22.7. The first-order chi connectivity index (χ1) is 17.3. The van der Waals surface area contributed by atoms with Crippen molar-refractivity contribution in [2.45, 2.75) is 12.8 Å². The maximum absolute atomic E-state index is 5.04. The van der Waals surface area contributed by atoms with E-state index in [-0.39, 0.29) is 0 Å². The molecular formula is C31H18N4. The van der Waals surface area contributed by atoms with Crippen molar-refractivity contribution in [3.8, 4) is 22.3 Å². The molecule has 9 rings (SSSR count). The van der Waals surface area contributed by atoms with Gasteiger partial charge in [-0.1, -0.05) is 42.5 Å². The Balaban J connectivity index is 1.46. The van der Waals surface area contributed by atoms with E-state index in [0.717, 1.165) is 40.6 Å². The normalized spacial score (nSPS) is 13.5. The average molecular weight is 447 g/mol. The lowest BCUT2D eigenvalue weighted by atomic mass is 9.93. The minimum Gasteiger partial charge on any atom is -0.274 e. The molecule has 2 aliphatic carbocycles. The van der Waals surface area contributed by atoms with Crippen LogP contribution in [0, 0.1) is 0 Å². The molecule has 0 unspecified atom stereocenters. The molecule has 0 bridgehead atoms. The molecule has 4 nitrogen and oxygen atoms in total. The quantitative estimate of drug-likeness (QED) is 0.243. The van der Waals surface area contributed by atoms with Crippen LogP contribution in [0.5, 0.6) is 0 Å². The van der Waals surface area contributed by atoms with E-state index in [1.54, 1.807) is 0 Å². The zero-order valence-electron chi connectivity index (χ0n) is 18.8. The number of hydrogen-bond acceptors (Lipinski definition) is 3. The molecule has 2 aliphatic rings. The fraction of sp³-hybridized carbons (Fsp3) is 0.0645. The van der Waals surface area contributed by atoms with Crippen LogP contribution >= 0.6 is 0 Å². The first-order valence-electron chi connectivity index (χ1n) is 12.0. The Hall–Kier alpha value is -4.57. The van der Waals surface area contributed by atoms with Gasteiger partial charge >= 0.3 is 0 Å². The van der Waals surface area contributed by atoms with Crippen LogP contribution in [0.15, 0.2) is 85.3 Å². The number of benzene rings is 3. The van der Waals surface area contributed by atoms with Crippen molar-refractivity contribution in [1.29, 1.82) is 0 Å². The maximum Gasteiger partial charge on any atom is 0.165 e. The first-order valence-corrected chi connectivity index (χ1v) is 12.0. The van der Waals surface area contributed by atoms with Gasteiger partial charge in [0.05, 0.1) is 11.7 Å². The predicted molar refractivity (Wildman–Crippen MR) is 140 cm³/mol. The zero-order valence-corrected chi connectivity index (χ0v) is 18.8. The summed E-state index contributed by atoms with van der Waals surface area (Å²) in [6, 6.07) is 24.4. The molecule has 4 heteroatoms. The van der Waals surface area contributed by atoms with Crippen molar-refractivity contribution < 1.29 is 0 Å². The Bertz CT molecular complexity index is 2070. The Labute approximate surface area is 200 Å². The molecule has 0 saturated carbocycles. The summed E-state index contributed by atoms with van der Waals surface area (Å²) >= 11 is 0. The third kappa shape index (κ3) is 2.15. The van der Waals surface area contributed by atoms with Crippen molar-refractivity contribution in [1.82, 2.24) is 19.4 Å². The molecule has 0 atom stereocenters. The van der Waals surface area contributed by atoms with Gasteiger partial charge in [0, 0.05) is 28.6 Å². The average Bonchev–Trinajstić information content (AvgIpc) is 3.58. The highest BCUT2D eigenvalue weighted by Crippen LogP contribution is 2.48. The topological polar surface area (TPSA) is 43.1 Å². The molecule has 0 N–H and O–H groups in total. The van der Waals surface area contributed by atoms with Gasteiger partial charge in [-0.05, 0) is 81.6 Å². The van der Waals surface area contributed by atoms with Gasteiger partial charge in [0.15, 0.2) is 5.65 Å². The number of rotatable bonds is 0. The third-order valence-electron chi connectivity index (χ3n) is 7.93. The second-order valence-corrected chi connectivity index (χ2v) is 9.71. The second-order valence-electron chi connectivity index (χ2n) is 9.71. The van der Waals surface area contributed by atoms with Gasteiger partial charge in [-0.3, -0.25) is 9.38 Å². The molecule has 35 heavy (non-hydrogen) atoms. The molecule has 4 aromatic heterocycles. The van der Waals surface area contributed by atoms with Crippen LogP contribution in [-0.2, 0) is 12.8 Å². The number of pyridine rings is 3. The van der Waals surface area contributed by atoms with Crippen LogP contribution in [0.3, 0.4) is 0 Å². The van der Waals surface area contributed by atoms with Gasteiger partial charge in [0.25, 0.3) is 0 Å². The van der Waals surface area contributed by atoms with Crippen molar-refractivity contribution in [3.63, 3.8) is 0 Å². The monoisotopic (exact) mass is 446 g/mol. The SMILES string of the molecule is c1ccc2c(c1)Cc1cc3c(cc1-2)-c1c(ccc2c1c1ccncc1n1c4ncccc4nc21)C3. The highest BCUT2D eigenvalue weighted by molar-refractivity contribution is 6.20. The smallest absolute Gasteiger partial charge is 0.165 e. The standard InChI is InChI=1S/C31H18N4/c1-2-5-21-17(4-1)12-19-14-20-13-18-7-8-23-29(28(18)25(20)15-24(19)21)22-9-11-32-16-27(22)35-30(23)34-26-6-3-10-33-31(26)35/h1-11,14-16H,12-13H2. The lowest BCUT2D eigenvalue weighted by Crippen LogP contribution is -1.95. The fourth-order valence-electron chi connectivity index (χ4n) is 6.48. The lowest BCUT2D eigenvalue weighted by molar-refractivity contribution is 1.21. The molecular weight excluding hydrogens is 428 g/mol. The number of aromatic nitrogens is 4. The van der Waals surface area contributed by atoms with E-state index >= 15 is 0 Å². The second kappa shape index (κ2) is 6.10. The van der Waals surface area contributed by atoms with Crippen molar-refractivity contribution in [2.75, 3.05) is 0 Å². The van der Waals surface area contributed by atoms with E-state index in [4.69, 9.17) is 4.98 Å². The van der Waals surface area contributed by atoms with Crippen LogP contribution < -0.4 is 0 Å². The largest absolute Gasteiger partial charge is 0.274 e. The highest BCUT2D eigenvalue weighted by atomic mass is 15.1. The Morgan fingerprint density at radius 3 is 2.57 bits per heavy atom. The molecule has 0 radical (unpaired) electrons. The lowest BCUT2D eigenvalue weighted by Gasteiger charge is -2.13. The molecule has 0 fully saturated rings. The maximum atomic E-state index is 5.04. The molecule has 0 amide bonds. The van der Waals surface area contributed by atoms with Crippen LogP contribution in [0.2, 0.25) is 0 Å². The Kier molecular flexibility index (Phi) is 3.11. The minimum absolute atomic E-state index is 0.873. The third-order valence-corrected chi connectivity index (χ3v) is 7.93. The number of imidazole rings is 1. The number of hydrogen-bond donors (Lipinski definition) is 0. The first kappa shape index (κ1) is 17.8. The van der Waals surface area contributed by atoms with Gasteiger partial charge in [-0.25, -0.2) is 9.97 Å². The van der Waals surface area contributed by atoms with E-state index in [0.29, 0.717) is 0 Å². The minimum atomic E-state index is 0.873. The summed E-state index contributed by atoms with van der Waals surface area (Å²) in [5, 5.41) is 3.62. The molecule has 4 heterocycles. The predicted octanol–water partition coefficient (Wildman–Crippen LogP) is 6.73. The molecule has 3 aromatic carbocycles. The number of nitrogens with zero attached hydrogens (tertiary/aromatic N) is 4. The van der Waals surface area contributed by atoms with E-state index < -0.39 is 0 Å². The van der Waals surface area contributed by atoms with Crippen molar-refractivity contribution >= 4 is 38.5 Å². The van der Waals surface area contributed by atoms with E-state index in [9.17, 15) is 0 Å². The van der Waals surface area contributed by atoms with E-state index in [1.807, 2.05) is 30.7 Å². The fourth-order valence-corrected chi connectivity index (χ4v) is 6.48. The summed E-state index contributed by atoms with van der Waals surface area (Å²) in [6.45, 7) is 0. The van der Waals surface area contributed by atoms with Crippen LogP contribution in [0.25, 0.3) is 60.7 Å². The van der Waals surface area contributed by atoms with Gasteiger partial charge in [0.1, 0.15) is 11.2 Å². The summed E-state index contributed by atoms with van der Waals surface area (Å²) < 4.78 is 2.17. The Morgan fingerprint density at radius 2 is 1.57 bits per heavy atom. The summed E-state index contributed by atoms with van der Waals surface area (Å²) in [6.07, 6.45) is 7.68. The summed E-state index contributed by atoms with van der Waals surface area (Å²) in [5.41, 5.74) is 14.9. The van der Waals surface area contributed by atoms with Gasteiger partial charge in [-0.2, -0.15) is 0 Å². The summed E-state index contributed by atoms with van der Waals surface area (Å²) in [4.78, 5) is 14.2. The van der Waals surface area contributed by atoms with E-state index in [1.165, 1.54) is 55.3 Å². The summed E-state index contributed by atoms with van der Waals surface area (Å²) in [7, 11) is 0. The van der Waals surface area contributed by atoms with E-state index in [2.05, 4.69) is 69.0 Å². The van der Waals surface area contributed by atoms with Crippen LogP contribution in [-0.4, -0.2) is 19.4 Å². The van der Waals surface area contributed by atoms with Gasteiger partial charge in [0.2, 0.25) is 0 Å². The summed E-state index contributed by atoms with van der Waals surface area (Å²) in [5.74, 6) is 0. The molecule has 7 aromatic rings. The molecule has 162 valence electrons. The molecule has 0 saturated heterocycles. The number of fused-ring (bicyclic) bond motifs is 15. The van der Waals surface area contributed by atoms with Gasteiger partial charge < -0.3 is 0 Å². The Morgan fingerprint density at radius 1 is 0.657 bits per heavy atom. The van der Waals surface area contributed by atoms with Crippen molar-refractivity contribution in [2.24, 2.45) is 0 Å². The van der Waals surface area contributed by atoms with Crippen LogP contribution in [0.1, 0.15) is 22.3 Å². The van der Waals surface area contributed by atoms with Crippen molar-refractivity contribution in [3.05, 3.63) is 108 Å². The van der Waals surface area contributed by atoms with Gasteiger partial charge in [-0.15, -0.1) is 0 Å².